The van der Waals surface area contributed by atoms with Gasteiger partial charge in [-0.25, -0.2) is 4.98 Å². The molecule has 0 bridgehead atoms. The number of carbonyl (C=O) groups excluding carboxylic acids is 1. The van der Waals surface area contributed by atoms with Gasteiger partial charge in [-0.1, -0.05) is 23.5 Å². The van der Waals surface area contributed by atoms with Gasteiger partial charge in [-0.15, -0.1) is 5.10 Å². The van der Waals surface area contributed by atoms with Gasteiger partial charge in [0.05, 0.1) is 0 Å². The van der Waals surface area contributed by atoms with Gasteiger partial charge < -0.3 is 10.2 Å². The molecule has 8 heteroatoms. The van der Waals surface area contributed by atoms with Crippen LogP contribution in [0.4, 0.5) is 10.8 Å². The predicted molar refractivity (Wildman–Crippen MR) is 96.1 cm³/mol. The van der Waals surface area contributed by atoms with Crippen molar-refractivity contribution in [2.45, 2.75) is 32.4 Å². The number of fused-ring (bicyclic) bond motifs is 1. The molecule has 2 aromatic heterocycles. The summed E-state index contributed by atoms with van der Waals surface area (Å²) in [4.78, 5) is 30.0. The highest BCUT2D eigenvalue weighted by Crippen LogP contribution is 2.29. The molecule has 0 saturated heterocycles. The zero-order chi connectivity index (χ0) is 17.4. The first-order valence-electron chi connectivity index (χ1n) is 8.08. The third-order valence-corrected chi connectivity index (χ3v) is 4.96. The highest BCUT2D eigenvalue weighted by molar-refractivity contribution is 7.20. The second-order valence-electron chi connectivity index (χ2n) is 6.08. The van der Waals surface area contributed by atoms with E-state index in [-0.39, 0.29) is 11.5 Å². The van der Waals surface area contributed by atoms with Crippen molar-refractivity contribution >= 4 is 33.0 Å². The minimum absolute atomic E-state index is 0.122. The molecule has 1 N–H and O–H groups in total. The molecule has 1 fully saturated rings. The Bertz CT molecular complexity index is 975. The SMILES string of the molecule is CC(=O)N(Cc1ccc(Nc2nn3c(=O)ccnc3s2)cc1)C1CC1. The van der Waals surface area contributed by atoms with Crippen LogP contribution in [0.15, 0.2) is 41.3 Å². The van der Waals surface area contributed by atoms with Gasteiger partial charge in [0.2, 0.25) is 16.0 Å². The first kappa shape index (κ1) is 15.8. The highest BCUT2D eigenvalue weighted by atomic mass is 32.1. The van der Waals surface area contributed by atoms with Crippen LogP contribution in [0, 0.1) is 0 Å². The summed E-state index contributed by atoms with van der Waals surface area (Å²) in [5.74, 6) is 0.122. The lowest BCUT2D eigenvalue weighted by molar-refractivity contribution is -0.130. The maximum absolute atomic E-state index is 11.7. The Labute approximate surface area is 147 Å². The molecule has 4 rings (SSSR count). The number of hydrogen-bond donors (Lipinski definition) is 1. The van der Waals surface area contributed by atoms with Gasteiger partial charge in [0.25, 0.3) is 5.56 Å². The third kappa shape index (κ3) is 3.39. The second-order valence-corrected chi connectivity index (χ2v) is 7.04. The summed E-state index contributed by atoms with van der Waals surface area (Å²) in [5.41, 5.74) is 1.76. The van der Waals surface area contributed by atoms with E-state index in [1.54, 1.807) is 6.92 Å². The normalized spacial score (nSPS) is 13.8. The molecule has 2 heterocycles. The van der Waals surface area contributed by atoms with Crippen molar-refractivity contribution in [3.8, 4) is 0 Å². The first-order chi connectivity index (χ1) is 12.1. The maximum Gasteiger partial charge on any atom is 0.275 e. The molecule has 0 unspecified atom stereocenters. The summed E-state index contributed by atoms with van der Waals surface area (Å²) in [6, 6.07) is 9.68. The molecule has 7 nitrogen and oxygen atoms in total. The smallest absolute Gasteiger partial charge is 0.275 e. The summed E-state index contributed by atoms with van der Waals surface area (Å²) in [5, 5.41) is 8.02. The third-order valence-electron chi connectivity index (χ3n) is 4.12. The molecule has 25 heavy (non-hydrogen) atoms. The van der Waals surface area contributed by atoms with Crippen LogP contribution in [0.3, 0.4) is 0 Å². The van der Waals surface area contributed by atoms with Gasteiger partial charge >= 0.3 is 0 Å². The van der Waals surface area contributed by atoms with Crippen molar-refractivity contribution in [2.75, 3.05) is 5.32 Å². The fraction of sp³-hybridized carbons (Fsp3) is 0.294. The molecule has 1 aliphatic rings. The number of carbonyl (C=O) groups is 1. The number of anilines is 2. The first-order valence-corrected chi connectivity index (χ1v) is 8.90. The van der Waals surface area contributed by atoms with Crippen LogP contribution in [0.5, 0.6) is 0 Å². The largest absolute Gasteiger partial charge is 0.336 e. The van der Waals surface area contributed by atoms with Crippen LogP contribution < -0.4 is 10.9 Å². The fourth-order valence-electron chi connectivity index (χ4n) is 2.69. The van der Waals surface area contributed by atoms with E-state index in [2.05, 4.69) is 15.4 Å². The van der Waals surface area contributed by atoms with Gasteiger partial charge in [0.15, 0.2) is 0 Å². The van der Waals surface area contributed by atoms with E-state index in [1.807, 2.05) is 29.2 Å². The summed E-state index contributed by atoms with van der Waals surface area (Å²) < 4.78 is 1.28. The Morgan fingerprint density at radius 2 is 2.08 bits per heavy atom. The van der Waals surface area contributed by atoms with Crippen LogP contribution in [0.1, 0.15) is 25.3 Å². The van der Waals surface area contributed by atoms with Crippen molar-refractivity contribution in [1.29, 1.82) is 0 Å². The fourth-order valence-corrected chi connectivity index (χ4v) is 3.49. The standard InChI is InChI=1S/C17H17N5O2S/c1-11(23)21(14-6-7-14)10-12-2-4-13(5-3-12)19-16-20-22-15(24)8-9-18-17(22)25-16/h2-5,8-9,14H,6-7,10H2,1H3,(H,19,20). The summed E-state index contributed by atoms with van der Waals surface area (Å²) in [6.45, 7) is 2.26. The Balaban J connectivity index is 1.48. The van der Waals surface area contributed by atoms with Crippen molar-refractivity contribution < 1.29 is 4.79 Å². The van der Waals surface area contributed by atoms with E-state index in [0.717, 1.165) is 24.1 Å². The van der Waals surface area contributed by atoms with E-state index in [4.69, 9.17) is 0 Å². The lowest BCUT2D eigenvalue weighted by Gasteiger charge is -2.20. The number of aromatic nitrogens is 3. The lowest BCUT2D eigenvalue weighted by Crippen LogP contribution is -2.30. The molecular weight excluding hydrogens is 338 g/mol. The van der Waals surface area contributed by atoms with Gasteiger partial charge in [-0.2, -0.15) is 4.52 Å². The average molecular weight is 355 g/mol. The average Bonchev–Trinajstić information content (AvgIpc) is 3.34. The number of nitrogens with zero attached hydrogens (tertiary/aromatic N) is 4. The van der Waals surface area contributed by atoms with Crippen molar-refractivity contribution in [2.24, 2.45) is 0 Å². The van der Waals surface area contributed by atoms with Gasteiger partial charge in [0, 0.05) is 37.5 Å². The van der Waals surface area contributed by atoms with Gasteiger partial charge in [-0.05, 0) is 30.5 Å². The summed E-state index contributed by atoms with van der Waals surface area (Å²) in [7, 11) is 0. The summed E-state index contributed by atoms with van der Waals surface area (Å²) >= 11 is 1.31. The Morgan fingerprint density at radius 3 is 2.72 bits per heavy atom. The quantitative estimate of drug-likeness (QED) is 0.760. The molecule has 1 aromatic carbocycles. The van der Waals surface area contributed by atoms with Gasteiger partial charge in [-0.3, -0.25) is 9.59 Å². The highest BCUT2D eigenvalue weighted by Gasteiger charge is 2.30. The number of benzene rings is 1. The van der Waals surface area contributed by atoms with Crippen LogP contribution >= 0.6 is 11.3 Å². The maximum atomic E-state index is 11.7. The van der Waals surface area contributed by atoms with Crippen LogP contribution in [-0.2, 0) is 11.3 Å². The molecule has 1 amide bonds. The Hall–Kier alpha value is -2.74. The zero-order valence-electron chi connectivity index (χ0n) is 13.7. The second kappa shape index (κ2) is 6.29. The number of amides is 1. The molecule has 1 aliphatic carbocycles. The number of hydrogen-bond acceptors (Lipinski definition) is 6. The summed E-state index contributed by atoms with van der Waals surface area (Å²) in [6.07, 6.45) is 3.68. The molecule has 0 aliphatic heterocycles. The van der Waals surface area contributed by atoms with E-state index in [9.17, 15) is 9.59 Å². The number of nitrogens with one attached hydrogen (secondary N) is 1. The predicted octanol–water partition coefficient (Wildman–Crippen LogP) is 2.41. The Kier molecular flexibility index (Phi) is 3.96. The minimum Gasteiger partial charge on any atom is -0.336 e. The van der Waals surface area contributed by atoms with Crippen LogP contribution in [0.2, 0.25) is 0 Å². The minimum atomic E-state index is -0.200. The van der Waals surface area contributed by atoms with Crippen LogP contribution in [0.25, 0.3) is 4.96 Å². The molecule has 128 valence electrons. The van der Waals surface area contributed by atoms with E-state index in [0.29, 0.717) is 22.7 Å². The molecule has 1 saturated carbocycles. The monoisotopic (exact) mass is 355 g/mol. The van der Waals surface area contributed by atoms with Gasteiger partial charge in [0.1, 0.15) is 0 Å². The van der Waals surface area contributed by atoms with E-state index in [1.165, 1.54) is 28.1 Å². The lowest BCUT2D eigenvalue weighted by atomic mass is 10.2. The molecular formula is C17H17N5O2S. The van der Waals surface area contributed by atoms with Crippen molar-refractivity contribution in [3.05, 3.63) is 52.4 Å². The number of rotatable bonds is 5. The van der Waals surface area contributed by atoms with Crippen LogP contribution in [-0.4, -0.2) is 31.4 Å². The topological polar surface area (TPSA) is 79.6 Å². The van der Waals surface area contributed by atoms with Crippen molar-refractivity contribution in [3.63, 3.8) is 0 Å². The molecule has 0 spiro atoms. The molecule has 0 radical (unpaired) electrons. The van der Waals surface area contributed by atoms with Crippen molar-refractivity contribution in [1.82, 2.24) is 19.5 Å². The van der Waals surface area contributed by atoms with E-state index >= 15 is 0 Å². The molecule has 0 atom stereocenters. The van der Waals surface area contributed by atoms with E-state index < -0.39 is 0 Å². The zero-order valence-corrected chi connectivity index (χ0v) is 14.5. The molecule has 3 aromatic rings. The Morgan fingerprint density at radius 1 is 1.32 bits per heavy atom.